The van der Waals surface area contributed by atoms with Crippen molar-refractivity contribution in [3.05, 3.63) is 64.5 Å². The highest BCUT2D eigenvalue weighted by Crippen LogP contribution is 2.17. The molecule has 1 aromatic heterocycles. The quantitative estimate of drug-likeness (QED) is 0.451. The number of hydrazone groups is 1. The third-order valence-corrected chi connectivity index (χ3v) is 2.99. The summed E-state index contributed by atoms with van der Waals surface area (Å²) in [6.07, 6.45) is 2.84. The molecule has 0 bridgehead atoms. The first-order valence-corrected chi connectivity index (χ1v) is 7.32. The molecular formula is C16H15N5O4. The number of benzene rings is 1. The van der Waals surface area contributed by atoms with Gasteiger partial charge in [-0.1, -0.05) is 12.1 Å². The maximum absolute atomic E-state index is 11.8. The van der Waals surface area contributed by atoms with Crippen LogP contribution in [0.25, 0.3) is 0 Å². The highest BCUT2D eigenvalue weighted by molar-refractivity contribution is 5.93. The SMILES string of the molecule is O=C(CCC(=O)Nc1cccc([N+](=O)[O-])c1)NN=Cc1ccccn1. The lowest BCUT2D eigenvalue weighted by atomic mass is 10.2. The Morgan fingerprint density at radius 3 is 2.68 bits per heavy atom. The van der Waals surface area contributed by atoms with Crippen molar-refractivity contribution in [3.8, 4) is 0 Å². The highest BCUT2D eigenvalue weighted by Gasteiger charge is 2.09. The zero-order valence-corrected chi connectivity index (χ0v) is 13.1. The van der Waals surface area contributed by atoms with Gasteiger partial charge in [0.05, 0.1) is 16.8 Å². The number of carbonyl (C=O) groups excluding carboxylic acids is 2. The van der Waals surface area contributed by atoms with Gasteiger partial charge >= 0.3 is 0 Å². The number of nitro groups is 1. The Morgan fingerprint density at radius 1 is 1.16 bits per heavy atom. The van der Waals surface area contributed by atoms with E-state index in [1.807, 2.05) is 0 Å². The van der Waals surface area contributed by atoms with Crippen LogP contribution in [0.15, 0.2) is 53.8 Å². The van der Waals surface area contributed by atoms with E-state index >= 15 is 0 Å². The predicted molar refractivity (Wildman–Crippen MR) is 90.9 cm³/mol. The maximum atomic E-state index is 11.8. The van der Waals surface area contributed by atoms with E-state index in [9.17, 15) is 19.7 Å². The van der Waals surface area contributed by atoms with E-state index in [2.05, 4.69) is 20.8 Å². The number of hydrogen-bond acceptors (Lipinski definition) is 6. The van der Waals surface area contributed by atoms with Crippen LogP contribution < -0.4 is 10.7 Å². The summed E-state index contributed by atoms with van der Waals surface area (Å²) in [5, 5.41) is 16.9. The molecule has 0 aliphatic heterocycles. The summed E-state index contributed by atoms with van der Waals surface area (Å²) in [6.45, 7) is 0. The minimum atomic E-state index is -0.553. The third-order valence-electron chi connectivity index (χ3n) is 2.99. The van der Waals surface area contributed by atoms with Crippen molar-refractivity contribution in [2.24, 2.45) is 5.10 Å². The average Bonchev–Trinajstić information content (AvgIpc) is 2.61. The molecule has 0 fully saturated rings. The van der Waals surface area contributed by atoms with Gasteiger partial charge in [0.25, 0.3) is 5.69 Å². The first kappa shape index (κ1) is 17.7. The third kappa shape index (κ3) is 6.18. The van der Waals surface area contributed by atoms with Gasteiger partial charge in [-0.05, 0) is 18.2 Å². The second kappa shape index (κ2) is 8.87. The molecule has 0 saturated heterocycles. The van der Waals surface area contributed by atoms with Crippen molar-refractivity contribution < 1.29 is 14.5 Å². The van der Waals surface area contributed by atoms with Crippen LogP contribution in [0.3, 0.4) is 0 Å². The molecule has 128 valence electrons. The van der Waals surface area contributed by atoms with Gasteiger partial charge in [-0.2, -0.15) is 5.10 Å². The number of aromatic nitrogens is 1. The second-order valence-corrected chi connectivity index (χ2v) is 4.90. The Kier molecular flexibility index (Phi) is 6.29. The molecule has 1 heterocycles. The number of anilines is 1. The molecule has 2 rings (SSSR count). The summed E-state index contributed by atoms with van der Waals surface area (Å²) < 4.78 is 0. The van der Waals surface area contributed by atoms with E-state index in [0.29, 0.717) is 11.4 Å². The molecule has 2 amide bonds. The largest absolute Gasteiger partial charge is 0.326 e. The Labute approximate surface area is 142 Å². The molecule has 0 unspecified atom stereocenters. The molecule has 0 atom stereocenters. The molecular weight excluding hydrogens is 326 g/mol. The van der Waals surface area contributed by atoms with Crippen LogP contribution in [0, 0.1) is 10.1 Å². The average molecular weight is 341 g/mol. The minimum absolute atomic E-state index is 0.0691. The minimum Gasteiger partial charge on any atom is -0.326 e. The zero-order chi connectivity index (χ0) is 18.1. The number of nitrogens with zero attached hydrogens (tertiary/aromatic N) is 3. The summed E-state index contributed by atoms with van der Waals surface area (Å²) >= 11 is 0. The summed E-state index contributed by atoms with van der Waals surface area (Å²) in [6, 6.07) is 10.8. The molecule has 0 saturated carbocycles. The number of amides is 2. The lowest BCUT2D eigenvalue weighted by Gasteiger charge is -2.04. The van der Waals surface area contributed by atoms with Crippen LogP contribution in [0.5, 0.6) is 0 Å². The summed E-state index contributed by atoms with van der Waals surface area (Å²) in [4.78, 5) is 37.5. The Balaban J connectivity index is 1.76. The Morgan fingerprint density at radius 2 is 1.96 bits per heavy atom. The van der Waals surface area contributed by atoms with Gasteiger partial charge in [0.15, 0.2) is 0 Å². The molecule has 9 nitrogen and oxygen atoms in total. The lowest BCUT2D eigenvalue weighted by molar-refractivity contribution is -0.384. The fourth-order valence-electron chi connectivity index (χ4n) is 1.83. The van der Waals surface area contributed by atoms with Crippen molar-refractivity contribution in [1.82, 2.24) is 10.4 Å². The van der Waals surface area contributed by atoms with Crippen LogP contribution >= 0.6 is 0 Å². The highest BCUT2D eigenvalue weighted by atomic mass is 16.6. The topological polar surface area (TPSA) is 127 Å². The Bertz CT molecular complexity index is 792. The molecule has 2 N–H and O–H groups in total. The monoisotopic (exact) mass is 341 g/mol. The number of carbonyl (C=O) groups is 2. The van der Waals surface area contributed by atoms with Crippen LogP contribution in [-0.2, 0) is 9.59 Å². The summed E-state index contributed by atoms with van der Waals surface area (Å²) in [7, 11) is 0. The van der Waals surface area contributed by atoms with E-state index in [1.165, 1.54) is 30.5 Å². The van der Waals surface area contributed by atoms with Crippen molar-refractivity contribution in [2.75, 3.05) is 5.32 Å². The molecule has 0 aliphatic rings. The lowest BCUT2D eigenvalue weighted by Crippen LogP contribution is -2.20. The van der Waals surface area contributed by atoms with Crippen LogP contribution in [0.4, 0.5) is 11.4 Å². The van der Waals surface area contributed by atoms with Gasteiger partial charge in [0.2, 0.25) is 11.8 Å². The van der Waals surface area contributed by atoms with Crippen LogP contribution in [-0.4, -0.2) is 27.9 Å². The van der Waals surface area contributed by atoms with Crippen molar-refractivity contribution in [1.29, 1.82) is 0 Å². The standard InChI is InChI=1S/C16H15N5O4/c22-15(19-12-5-3-6-14(10-12)21(24)25)7-8-16(23)20-18-11-13-4-1-2-9-17-13/h1-6,9-11H,7-8H2,(H,19,22)(H,20,23). The molecule has 9 heteroatoms. The van der Waals surface area contributed by atoms with Gasteiger partial charge in [-0.3, -0.25) is 24.7 Å². The van der Waals surface area contributed by atoms with Gasteiger partial charge < -0.3 is 5.32 Å². The van der Waals surface area contributed by atoms with Crippen LogP contribution in [0.2, 0.25) is 0 Å². The van der Waals surface area contributed by atoms with Crippen molar-refractivity contribution >= 4 is 29.4 Å². The van der Waals surface area contributed by atoms with Crippen molar-refractivity contribution in [2.45, 2.75) is 12.8 Å². The first-order chi connectivity index (χ1) is 12.0. The van der Waals surface area contributed by atoms with E-state index in [4.69, 9.17) is 0 Å². The predicted octanol–water partition coefficient (Wildman–Crippen LogP) is 1.86. The number of nitrogens with one attached hydrogen (secondary N) is 2. The molecule has 2 aromatic rings. The fraction of sp³-hybridized carbons (Fsp3) is 0.125. The van der Waals surface area contributed by atoms with Gasteiger partial charge in [-0.25, -0.2) is 5.43 Å². The summed E-state index contributed by atoms with van der Waals surface area (Å²) in [5.74, 6) is -0.856. The van der Waals surface area contributed by atoms with E-state index in [1.54, 1.807) is 24.4 Å². The number of pyridine rings is 1. The maximum Gasteiger partial charge on any atom is 0.271 e. The molecule has 25 heavy (non-hydrogen) atoms. The van der Waals surface area contributed by atoms with Crippen LogP contribution in [0.1, 0.15) is 18.5 Å². The van der Waals surface area contributed by atoms with E-state index in [0.717, 1.165) is 0 Å². The number of rotatable bonds is 7. The smallest absolute Gasteiger partial charge is 0.271 e. The van der Waals surface area contributed by atoms with E-state index in [-0.39, 0.29) is 18.5 Å². The first-order valence-electron chi connectivity index (χ1n) is 7.32. The Hall–Kier alpha value is -3.62. The molecule has 0 aliphatic carbocycles. The van der Waals surface area contributed by atoms with Gasteiger partial charge in [-0.15, -0.1) is 0 Å². The molecule has 0 spiro atoms. The fourth-order valence-corrected chi connectivity index (χ4v) is 1.83. The van der Waals surface area contributed by atoms with Gasteiger partial charge in [0, 0.05) is 36.9 Å². The van der Waals surface area contributed by atoms with Crippen molar-refractivity contribution in [3.63, 3.8) is 0 Å². The zero-order valence-electron chi connectivity index (χ0n) is 13.1. The molecule has 1 aromatic carbocycles. The molecule has 0 radical (unpaired) electrons. The summed E-state index contributed by atoms with van der Waals surface area (Å²) in [5.41, 5.74) is 3.06. The normalized spacial score (nSPS) is 10.4. The number of nitro benzene ring substituents is 1. The van der Waals surface area contributed by atoms with Gasteiger partial charge in [0.1, 0.15) is 0 Å². The number of hydrogen-bond donors (Lipinski definition) is 2. The second-order valence-electron chi connectivity index (χ2n) is 4.90. The number of non-ortho nitro benzene ring substituents is 1. The van der Waals surface area contributed by atoms with E-state index < -0.39 is 16.7 Å².